The number of carbonyl (C=O) groups is 2. The van der Waals surface area contributed by atoms with Crippen molar-refractivity contribution in [2.24, 2.45) is 7.05 Å². The van der Waals surface area contributed by atoms with Crippen molar-refractivity contribution in [2.75, 3.05) is 71.9 Å². The summed E-state index contributed by atoms with van der Waals surface area (Å²) >= 11 is 0. The number of aldehydes is 2. The van der Waals surface area contributed by atoms with Gasteiger partial charge in [-0.3, -0.25) is 9.58 Å². The van der Waals surface area contributed by atoms with Crippen LogP contribution in [0.25, 0.3) is 28.1 Å². The lowest BCUT2D eigenvalue weighted by Crippen LogP contribution is -2.44. The fourth-order valence-electron chi connectivity index (χ4n) is 9.54. The number of halogens is 2. The summed E-state index contributed by atoms with van der Waals surface area (Å²) in [6.45, 7) is 19.2. The number of likely N-dealkylation sites (N-methyl/N-ethyl adjacent to an activating group) is 1. The maximum absolute atomic E-state index is 16.4. The quantitative estimate of drug-likeness (QED) is 0.0656. The van der Waals surface area contributed by atoms with Gasteiger partial charge < -0.3 is 29.6 Å². The molecule has 3 heterocycles. The van der Waals surface area contributed by atoms with E-state index in [2.05, 4.69) is 57.1 Å². The second kappa shape index (κ2) is 24.4. The molecule has 2 aliphatic heterocycles. The fraction of sp³-hybridized carbons (Fsp3) is 0.519. The number of aryl methyl sites for hydroxylation is 4. The number of fused-ring (bicyclic) bond motifs is 1. The van der Waals surface area contributed by atoms with Gasteiger partial charge in [0.05, 0.1) is 6.04 Å². The first-order valence-electron chi connectivity index (χ1n) is 23.2. The van der Waals surface area contributed by atoms with Crippen LogP contribution in [0.15, 0.2) is 55.8 Å². The van der Waals surface area contributed by atoms with Crippen LogP contribution in [-0.2, 0) is 29.6 Å². The van der Waals surface area contributed by atoms with E-state index >= 15 is 8.78 Å². The van der Waals surface area contributed by atoms with E-state index in [1.807, 2.05) is 58.5 Å². The Hall–Kier alpha value is -4.71. The second-order valence-corrected chi connectivity index (χ2v) is 17.7. The molecule has 1 N–H and O–H groups in total. The highest BCUT2D eigenvalue weighted by atomic mass is 19.1. The number of benzene rings is 3. The van der Waals surface area contributed by atoms with Gasteiger partial charge in [0.1, 0.15) is 23.9 Å². The van der Waals surface area contributed by atoms with Crippen LogP contribution in [0.3, 0.4) is 0 Å². The molecule has 342 valence electrons. The van der Waals surface area contributed by atoms with E-state index in [0.717, 1.165) is 113 Å². The predicted molar refractivity (Wildman–Crippen MR) is 257 cm³/mol. The van der Waals surface area contributed by atoms with Gasteiger partial charge in [0.25, 0.3) is 0 Å². The van der Waals surface area contributed by atoms with Gasteiger partial charge in [-0.25, -0.2) is 8.78 Å². The molecule has 2 aliphatic rings. The van der Waals surface area contributed by atoms with Gasteiger partial charge >= 0.3 is 0 Å². The summed E-state index contributed by atoms with van der Waals surface area (Å²) in [5.74, 6) is 0.418. The van der Waals surface area contributed by atoms with Crippen molar-refractivity contribution >= 4 is 35.4 Å². The number of carbonyl (C=O) groups excluding carboxylic acids is 2. The lowest BCUT2D eigenvalue weighted by Gasteiger charge is -2.34. The minimum atomic E-state index is -0.420. The number of unbranched alkanes of at least 4 members (excludes halogenated alkanes) is 5. The van der Waals surface area contributed by atoms with E-state index in [4.69, 9.17) is 5.10 Å². The Morgan fingerprint density at radius 2 is 1.60 bits per heavy atom. The number of aromatic nitrogens is 2. The van der Waals surface area contributed by atoms with Gasteiger partial charge in [-0.05, 0) is 151 Å². The molecule has 2 saturated heterocycles. The summed E-state index contributed by atoms with van der Waals surface area (Å²) in [6.07, 6.45) is 16.5. The van der Waals surface area contributed by atoms with Crippen molar-refractivity contribution in [3.8, 4) is 11.1 Å². The van der Waals surface area contributed by atoms with Crippen molar-refractivity contribution in [1.82, 2.24) is 29.8 Å². The Morgan fingerprint density at radius 1 is 0.921 bits per heavy atom. The number of hydrogen-bond acceptors (Lipinski definition) is 8. The Morgan fingerprint density at radius 3 is 2.25 bits per heavy atom. The second-order valence-electron chi connectivity index (χ2n) is 17.7. The van der Waals surface area contributed by atoms with Crippen LogP contribution >= 0.6 is 0 Å². The fourth-order valence-corrected chi connectivity index (χ4v) is 9.54. The topological polar surface area (TPSA) is 77.0 Å². The minimum Gasteiger partial charge on any atom is -0.374 e. The van der Waals surface area contributed by atoms with E-state index in [1.165, 1.54) is 48.4 Å². The summed E-state index contributed by atoms with van der Waals surface area (Å²) in [7, 11) is 7.49. The third kappa shape index (κ3) is 12.7. The highest BCUT2D eigenvalue weighted by molar-refractivity contribution is 5.95. The zero-order valence-corrected chi connectivity index (χ0v) is 39.0. The van der Waals surface area contributed by atoms with Crippen LogP contribution in [0.5, 0.6) is 0 Å². The molecule has 0 saturated carbocycles. The largest absolute Gasteiger partial charge is 0.374 e. The number of piperazine rings is 1. The molecule has 0 bridgehead atoms. The van der Waals surface area contributed by atoms with Crippen molar-refractivity contribution in [1.29, 1.82) is 0 Å². The maximum Gasteiger partial charge on any atom is 0.158 e. The van der Waals surface area contributed by atoms with Crippen LogP contribution in [0.2, 0.25) is 0 Å². The van der Waals surface area contributed by atoms with Crippen LogP contribution in [-0.4, -0.2) is 110 Å². The molecular weight excluding hydrogens is 793 g/mol. The standard InChI is InChI=1S/C50H66F2N6O2.C2H7N/c1-7-39-30-36(3)31-42(45(39)34-54(5)41(35-60)17-15-29-59)40-20-23-57(24-21-40)22-14-12-10-9-11-13-16-38-18-19-46(51)43(33-38)47-37(4)32-44-49(48(47)52)55(6)53-50(44)58-27-25-56(8-2)26-28-58;1-3-2/h7-8,18-19,29-33,35,40-41H,1-2,9-17,20-28,34H2,3-6H3;3H,1-2H3. The Balaban J connectivity index is 0.00000242. The lowest BCUT2D eigenvalue weighted by molar-refractivity contribution is -0.113. The number of likely N-dealkylation sites (tertiary alicyclic amines) is 1. The van der Waals surface area contributed by atoms with E-state index in [-0.39, 0.29) is 6.04 Å². The summed E-state index contributed by atoms with van der Waals surface area (Å²) in [5.41, 5.74) is 7.78. The van der Waals surface area contributed by atoms with Crippen molar-refractivity contribution < 1.29 is 18.4 Å². The number of rotatable bonds is 21. The minimum absolute atomic E-state index is 0.284. The molecule has 11 heteroatoms. The number of hydrogen-bond donors (Lipinski definition) is 1. The third-order valence-electron chi connectivity index (χ3n) is 13.0. The van der Waals surface area contributed by atoms with E-state index in [9.17, 15) is 9.59 Å². The average Bonchev–Trinajstić information content (AvgIpc) is 3.61. The zero-order valence-electron chi connectivity index (χ0n) is 39.0. The molecule has 4 aromatic rings. The SMILES string of the molecule is C=Cc1cc(C)cc(C2CCN(CCCCCCCCc3ccc(F)c(-c4c(C)cc5c(N6CCN(C=C)CC6)nn(C)c5c4F)c3)CC2)c1CN(C)C(C=O)CCC=O.CNC. The molecule has 2 fully saturated rings. The number of piperidine rings is 1. The van der Waals surface area contributed by atoms with Crippen molar-refractivity contribution in [2.45, 2.75) is 103 Å². The summed E-state index contributed by atoms with van der Waals surface area (Å²) < 4.78 is 33.4. The van der Waals surface area contributed by atoms with E-state index in [0.29, 0.717) is 47.5 Å². The highest BCUT2D eigenvalue weighted by Crippen LogP contribution is 2.38. The first kappa shape index (κ1) is 49.3. The molecule has 1 unspecified atom stereocenters. The Kier molecular flexibility index (Phi) is 19.1. The number of nitrogens with one attached hydrogen (secondary N) is 1. The van der Waals surface area contributed by atoms with Crippen LogP contribution in [0, 0.1) is 25.5 Å². The first-order chi connectivity index (χ1) is 30.5. The normalized spacial score (nSPS) is 15.4. The maximum atomic E-state index is 16.4. The van der Waals surface area contributed by atoms with E-state index < -0.39 is 11.6 Å². The number of nitrogens with zero attached hydrogens (tertiary/aromatic N) is 6. The average molecular weight is 866 g/mol. The van der Waals surface area contributed by atoms with Crippen molar-refractivity contribution in [3.63, 3.8) is 0 Å². The van der Waals surface area contributed by atoms with Gasteiger partial charge in [0.2, 0.25) is 0 Å². The van der Waals surface area contributed by atoms with Gasteiger partial charge in [-0.15, -0.1) is 0 Å². The molecule has 0 amide bonds. The Bertz CT molecular complexity index is 2130. The third-order valence-corrected chi connectivity index (χ3v) is 13.0. The number of anilines is 1. The van der Waals surface area contributed by atoms with Crippen molar-refractivity contribution in [3.05, 3.63) is 101 Å². The smallest absolute Gasteiger partial charge is 0.158 e. The highest BCUT2D eigenvalue weighted by Gasteiger charge is 2.27. The Labute approximate surface area is 376 Å². The first-order valence-corrected chi connectivity index (χ1v) is 23.2. The molecule has 1 atom stereocenters. The molecule has 0 spiro atoms. The van der Waals surface area contributed by atoms with Gasteiger partial charge in [-0.1, -0.05) is 68.7 Å². The summed E-state index contributed by atoms with van der Waals surface area (Å²) in [4.78, 5) is 31.9. The van der Waals surface area contributed by atoms with E-state index in [1.54, 1.807) is 11.7 Å². The molecule has 0 aliphatic carbocycles. The summed E-state index contributed by atoms with van der Waals surface area (Å²) in [6, 6.07) is 11.4. The molecule has 0 radical (unpaired) electrons. The molecule has 6 rings (SSSR count). The van der Waals surface area contributed by atoms with Gasteiger partial charge in [-0.2, -0.15) is 5.10 Å². The van der Waals surface area contributed by atoms with Crippen LogP contribution < -0.4 is 10.2 Å². The molecule has 9 nitrogen and oxygen atoms in total. The monoisotopic (exact) mass is 866 g/mol. The molecule has 63 heavy (non-hydrogen) atoms. The predicted octanol–water partition coefficient (Wildman–Crippen LogP) is 9.62. The van der Waals surface area contributed by atoms with Gasteiger partial charge in [0, 0.05) is 62.7 Å². The molecule has 3 aromatic carbocycles. The zero-order chi connectivity index (χ0) is 45.5. The van der Waals surface area contributed by atoms with Crippen LogP contribution in [0.1, 0.15) is 104 Å². The summed E-state index contributed by atoms with van der Waals surface area (Å²) in [5, 5.41) is 8.24. The molecular formula is C52H73F2N7O2. The van der Waals surface area contributed by atoms with Crippen LogP contribution in [0.4, 0.5) is 14.6 Å². The van der Waals surface area contributed by atoms with Gasteiger partial charge in [0.15, 0.2) is 11.6 Å². The molecule has 1 aromatic heterocycles. The lowest BCUT2D eigenvalue weighted by atomic mass is 9.83.